The molecule has 0 aliphatic heterocycles. The van der Waals surface area contributed by atoms with Crippen molar-refractivity contribution in [3.63, 3.8) is 0 Å². The summed E-state index contributed by atoms with van der Waals surface area (Å²) in [5.41, 5.74) is 2.81. The molecule has 8 heteroatoms. The Balaban J connectivity index is 1.98. The van der Waals surface area contributed by atoms with E-state index < -0.39 is 16.3 Å². The molecule has 3 aromatic carbocycles. The standard InChI is InChI=1S/C25H33FN4O2S/c1-15(2)20-13-17(26)14-21(16(3)4)24(20)28-25(31)29-33(27,32)23-12-8-9-18-19(23)10-7-11-22(18)30(5)6/h7-16,33H,1-6H3,(H4,27,28,29,31,32). The van der Waals surface area contributed by atoms with Crippen molar-refractivity contribution in [2.75, 3.05) is 24.3 Å². The second-order valence-corrected chi connectivity index (χ2v) is 11.1. The average molecular weight is 473 g/mol. The van der Waals surface area contributed by atoms with E-state index in [0.29, 0.717) is 27.1 Å². The molecule has 0 unspecified atom stereocenters. The van der Waals surface area contributed by atoms with Gasteiger partial charge < -0.3 is 10.2 Å². The molecule has 0 bridgehead atoms. The summed E-state index contributed by atoms with van der Waals surface area (Å²) in [7, 11) is 0.0787. The zero-order valence-electron chi connectivity index (χ0n) is 19.9. The number of hydrogen-bond donors (Lipinski definition) is 4. The number of urea groups is 1. The maximum atomic E-state index is 14.2. The Hall–Kier alpha value is -2.97. The second-order valence-electron chi connectivity index (χ2n) is 9.04. The Morgan fingerprint density at radius 3 is 2.06 bits per heavy atom. The van der Waals surface area contributed by atoms with Crippen LogP contribution in [0.5, 0.6) is 0 Å². The lowest BCUT2D eigenvalue weighted by molar-refractivity contribution is 0.256. The van der Waals surface area contributed by atoms with E-state index in [-0.39, 0.29) is 17.7 Å². The van der Waals surface area contributed by atoms with Crippen molar-refractivity contribution in [2.24, 2.45) is 5.14 Å². The maximum Gasteiger partial charge on any atom is 0.330 e. The molecule has 2 amide bonds. The van der Waals surface area contributed by atoms with E-state index in [4.69, 9.17) is 5.14 Å². The average Bonchev–Trinajstić information content (AvgIpc) is 2.72. The van der Waals surface area contributed by atoms with E-state index in [0.717, 1.165) is 11.1 Å². The maximum absolute atomic E-state index is 14.2. The second kappa shape index (κ2) is 9.49. The van der Waals surface area contributed by atoms with Crippen LogP contribution in [0.3, 0.4) is 0 Å². The van der Waals surface area contributed by atoms with Crippen LogP contribution in [-0.4, -0.2) is 24.3 Å². The quantitative estimate of drug-likeness (QED) is 0.368. The van der Waals surface area contributed by atoms with Crippen LogP contribution < -0.4 is 20.1 Å². The van der Waals surface area contributed by atoms with Crippen molar-refractivity contribution in [1.29, 1.82) is 0 Å². The smallest absolute Gasteiger partial charge is 0.330 e. The van der Waals surface area contributed by atoms with E-state index in [9.17, 15) is 13.4 Å². The highest BCUT2D eigenvalue weighted by atomic mass is 32.3. The summed E-state index contributed by atoms with van der Waals surface area (Å²) in [4.78, 5) is 15.3. The number of hydrogen-bond acceptors (Lipinski definition) is 3. The van der Waals surface area contributed by atoms with Gasteiger partial charge in [0.25, 0.3) is 0 Å². The molecule has 0 radical (unpaired) electrons. The number of nitrogens with zero attached hydrogens (tertiary/aromatic N) is 1. The van der Waals surface area contributed by atoms with Crippen molar-refractivity contribution in [3.8, 4) is 0 Å². The number of carbonyl (C=O) groups excluding carboxylic acids is 1. The van der Waals surface area contributed by atoms with Gasteiger partial charge in [-0.1, -0.05) is 52.0 Å². The molecule has 6 nitrogen and oxygen atoms in total. The molecule has 0 aliphatic carbocycles. The highest BCUT2D eigenvalue weighted by Crippen LogP contribution is 2.34. The minimum Gasteiger partial charge on any atom is -0.377 e. The van der Waals surface area contributed by atoms with Gasteiger partial charge in [-0.3, -0.25) is 9.86 Å². The molecule has 178 valence electrons. The number of fused-ring (bicyclic) bond motifs is 1. The first-order valence-corrected chi connectivity index (χ1v) is 12.7. The van der Waals surface area contributed by atoms with Crippen LogP contribution in [0, 0.1) is 5.82 Å². The largest absolute Gasteiger partial charge is 0.377 e. The molecule has 0 atom stereocenters. The molecular formula is C25H33FN4O2S. The van der Waals surface area contributed by atoms with Crippen LogP contribution in [0.25, 0.3) is 10.8 Å². The van der Waals surface area contributed by atoms with Crippen LogP contribution in [0.1, 0.15) is 50.7 Å². The fourth-order valence-electron chi connectivity index (χ4n) is 4.01. The Morgan fingerprint density at radius 2 is 1.52 bits per heavy atom. The molecule has 3 aromatic rings. The van der Waals surface area contributed by atoms with Crippen LogP contribution in [0.2, 0.25) is 0 Å². The first-order chi connectivity index (χ1) is 15.4. The zero-order chi connectivity index (χ0) is 24.5. The third kappa shape index (κ3) is 5.17. The predicted octanol–water partition coefficient (Wildman–Crippen LogP) is 5.28. The third-order valence-corrected chi connectivity index (χ3v) is 7.27. The van der Waals surface area contributed by atoms with Gasteiger partial charge >= 0.3 is 6.03 Å². The monoisotopic (exact) mass is 472 g/mol. The highest BCUT2D eigenvalue weighted by Gasteiger charge is 2.22. The van der Waals surface area contributed by atoms with E-state index in [1.54, 1.807) is 12.1 Å². The number of nitrogens with one attached hydrogen (secondary N) is 2. The highest BCUT2D eigenvalue weighted by molar-refractivity contribution is 7.99. The summed E-state index contributed by atoms with van der Waals surface area (Å²) < 4.78 is 30.2. The van der Waals surface area contributed by atoms with Gasteiger partial charge in [0.1, 0.15) is 5.82 Å². The first kappa shape index (κ1) is 24.7. The molecular weight excluding hydrogens is 439 g/mol. The Morgan fingerprint density at radius 1 is 0.970 bits per heavy atom. The third-order valence-electron chi connectivity index (χ3n) is 5.63. The van der Waals surface area contributed by atoms with Crippen LogP contribution in [-0.2, 0) is 10.3 Å². The summed E-state index contributed by atoms with van der Waals surface area (Å²) in [6, 6.07) is 13.2. The molecule has 0 aromatic heterocycles. The summed E-state index contributed by atoms with van der Waals surface area (Å²) in [5.74, 6) is -0.410. The van der Waals surface area contributed by atoms with Crippen molar-refractivity contribution in [2.45, 2.75) is 44.4 Å². The van der Waals surface area contributed by atoms with Crippen LogP contribution >= 0.6 is 0 Å². The zero-order valence-corrected chi connectivity index (χ0v) is 20.8. The number of anilines is 2. The van der Waals surface area contributed by atoms with Crippen molar-refractivity contribution < 1.29 is 13.4 Å². The molecule has 33 heavy (non-hydrogen) atoms. The molecule has 0 saturated carbocycles. The van der Waals surface area contributed by atoms with Crippen molar-refractivity contribution in [3.05, 3.63) is 65.5 Å². The fourth-order valence-corrected chi connectivity index (χ4v) is 5.35. The number of carbonyl (C=O) groups is 1. The minimum atomic E-state index is -3.78. The molecule has 0 heterocycles. The summed E-state index contributed by atoms with van der Waals surface area (Å²) in [6.45, 7) is 7.70. The molecule has 0 aliphatic rings. The predicted molar refractivity (Wildman–Crippen MR) is 137 cm³/mol. The summed E-state index contributed by atoms with van der Waals surface area (Å²) in [6.07, 6.45) is 0. The Bertz CT molecular complexity index is 1210. The van der Waals surface area contributed by atoms with E-state index in [2.05, 4.69) is 10.0 Å². The Labute approximate surface area is 196 Å². The Kier molecular flexibility index (Phi) is 7.09. The van der Waals surface area contributed by atoms with E-state index in [1.807, 2.05) is 71.0 Å². The molecule has 3 rings (SSSR count). The topological polar surface area (TPSA) is 87.5 Å². The van der Waals surface area contributed by atoms with Gasteiger partial charge in [0.05, 0.1) is 4.90 Å². The summed E-state index contributed by atoms with van der Waals surface area (Å²) >= 11 is 0. The van der Waals surface area contributed by atoms with Crippen molar-refractivity contribution >= 4 is 38.5 Å². The number of benzene rings is 3. The van der Waals surface area contributed by atoms with Gasteiger partial charge in [0.2, 0.25) is 0 Å². The van der Waals surface area contributed by atoms with E-state index >= 15 is 0 Å². The lowest BCUT2D eigenvalue weighted by Gasteiger charge is -2.26. The molecule has 0 saturated heterocycles. The molecule has 0 fully saturated rings. The normalized spacial score (nSPS) is 12.3. The number of thiol groups is 1. The van der Waals surface area contributed by atoms with Crippen molar-refractivity contribution in [1.82, 2.24) is 4.72 Å². The van der Waals surface area contributed by atoms with Gasteiger partial charge in [0, 0.05) is 46.5 Å². The number of halogens is 1. The number of rotatable bonds is 6. The molecule has 4 N–H and O–H groups in total. The number of amides is 2. The lowest BCUT2D eigenvalue weighted by atomic mass is 9.92. The van der Waals surface area contributed by atoms with Crippen LogP contribution in [0.15, 0.2) is 53.4 Å². The summed E-state index contributed by atoms with van der Waals surface area (Å²) in [5, 5.41) is 10.6. The van der Waals surface area contributed by atoms with E-state index in [1.165, 1.54) is 12.1 Å². The van der Waals surface area contributed by atoms with Gasteiger partial charge in [0.15, 0.2) is 0 Å². The molecule has 0 spiro atoms. The van der Waals surface area contributed by atoms with Gasteiger partial charge in [-0.05, 0) is 47.2 Å². The SMILES string of the molecule is CC(C)c1cc(F)cc(C(C)C)c1NC(=O)N[SH](N)(=O)c1cccc2c(N(C)C)cccc12. The van der Waals surface area contributed by atoms with Crippen LogP contribution in [0.4, 0.5) is 20.6 Å². The first-order valence-electron chi connectivity index (χ1n) is 10.9. The fraction of sp³-hybridized carbons (Fsp3) is 0.320. The van der Waals surface area contributed by atoms with Gasteiger partial charge in [-0.15, -0.1) is 0 Å². The van der Waals surface area contributed by atoms with Gasteiger partial charge in [-0.25, -0.2) is 13.4 Å². The lowest BCUT2D eigenvalue weighted by Crippen LogP contribution is -2.45. The number of nitrogens with two attached hydrogens (primary N) is 1. The minimum absolute atomic E-state index is 0.0271. The van der Waals surface area contributed by atoms with Gasteiger partial charge in [-0.2, -0.15) is 0 Å².